The Bertz CT molecular complexity index is 1360. The van der Waals surface area contributed by atoms with Crippen LogP contribution in [0.2, 0.25) is 0 Å². The molecule has 0 unspecified atom stereocenters. The van der Waals surface area contributed by atoms with Crippen molar-refractivity contribution in [2.45, 2.75) is 115 Å². The number of carbonyl (C=O) groups excluding carboxylic acids is 2. The van der Waals surface area contributed by atoms with Gasteiger partial charge < -0.3 is 25.2 Å². The Labute approximate surface area is 281 Å². The third kappa shape index (κ3) is 6.87. The fourth-order valence-electron chi connectivity index (χ4n) is 8.64. The monoisotopic (exact) mass is 648 g/mol. The van der Waals surface area contributed by atoms with Crippen LogP contribution in [0.15, 0.2) is 84.1 Å². The van der Waals surface area contributed by atoms with Crippen LogP contribution in [0.1, 0.15) is 92.4 Å². The Morgan fingerprint density at radius 1 is 0.936 bits per heavy atom. The number of ether oxygens (including phenoxy) is 1. The molecule has 0 aliphatic heterocycles. The summed E-state index contributed by atoms with van der Waals surface area (Å²) < 4.78 is 6.18. The molecule has 4 aliphatic rings. The lowest BCUT2D eigenvalue weighted by molar-refractivity contribution is -0.219. The molecule has 0 saturated heterocycles. The third-order valence-corrected chi connectivity index (χ3v) is 11.2. The highest BCUT2D eigenvalue weighted by molar-refractivity contribution is 6.04. The van der Waals surface area contributed by atoms with E-state index in [4.69, 9.17) is 4.74 Å². The molecular weight excluding hydrogens is 592 g/mol. The molecule has 0 aromatic rings. The summed E-state index contributed by atoms with van der Waals surface area (Å²) in [5.41, 5.74) is -4.69. The summed E-state index contributed by atoms with van der Waals surface area (Å²) >= 11 is 0. The summed E-state index contributed by atoms with van der Waals surface area (Å²) in [5, 5.41) is 46.0. The van der Waals surface area contributed by atoms with E-state index in [9.17, 15) is 30.0 Å². The van der Waals surface area contributed by atoms with Crippen LogP contribution in [-0.2, 0) is 14.3 Å². The maximum absolute atomic E-state index is 13.2. The molecule has 258 valence electrons. The molecule has 0 aromatic heterocycles. The Kier molecular flexibility index (Phi) is 11.9. The number of allylic oxidation sites excluding steroid dienone is 10. The van der Waals surface area contributed by atoms with Gasteiger partial charge in [0.1, 0.15) is 11.2 Å². The zero-order chi connectivity index (χ0) is 34.5. The first-order valence-electron chi connectivity index (χ1n) is 17.5. The topological polar surface area (TPSA) is 124 Å². The first-order valence-corrected chi connectivity index (χ1v) is 17.5. The van der Waals surface area contributed by atoms with Crippen LogP contribution in [0.5, 0.6) is 0 Å². The third-order valence-electron chi connectivity index (χ3n) is 11.2. The molecule has 0 heterocycles. The van der Waals surface area contributed by atoms with Gasteiger partial charge in [0.15, 0.2) is 5.78 Å². The smallest absolute Gasteiger partial charge is 0.306 e. The second kappa shape index (κ2) is 15.1. The number of rotatable bonds is 15. The van der Waals surface area contributed by atoms with E-state index in [0.717, 1.165) is 38.5 Å². The van der Waals surface area contributed by atoms with Crippen molar-refractivity contribution in [3.63, 3.8) is 0 Å². The lowest BCUT2D eigenvalue weighted by Crippen LogP contribution is -2.65. The van der Waals surface area contributed by atoms with Crippen LogP contribution in [-0.4, -0.2) is 61.7 Å². The second-order valence-electron chi connectivity index (χ2n) is 14.5. The van der Waals surface area contributed by atoms with E-state index in [-0.39, 0.29) is 19.4 Å². The molecule has 0 aromatic carbocycles. The standard InChI is InChI=1S/C40H56O7/c1-6-7-8-9-10-11-12-13-14-15-16-17-18-19-20-21-22-23-33(42)47-40-34(37(40,4)5)31-25-30(27-41)26-38(45)32(24-28(2)35(38)43)39(31,46)29(3)36(40)44/h7-8,10-11,13-14,16-17,19-20,24-25,29,31-32,34,36,41,44-46H,6,9,12,15,18,21-23,26-27H2,1-5H3/b8-7-,11-10-,14-13-,17-16-,20-19-/t29-,31+,32-,34-,36-,38-,39-,40-/m1/s1. The van der Waals surface area contributed by atoms with E-state index < -0.39 is 63.7 Å². The van der Waals surface area contributed by atoms with E-state index in [0.29, 0.717) is 17.6 Å². The molecule has 7 nitrogen and oxygen atoms in total. The van der Waals surface area contributed by atoms with Gasteiger partial charge >= 0.3 is 5.97 Å². The fourth-order valence-corrected chi connectivity index (χ4v) is 8.64. The number of unbranched alkanes of at least 4 members (excludes halogenated alkanes) is 1. The summed E-state index contributed by atoms with van der Waals surface area (Å²) in [6, 6.07) is 0. The van der Waals surface area contributed by atoms with E-state index in [1.54, 1.807) is 26.0 Å². The predicted octanol–water partition coefficient (Wildman–Crippen LogP) is 6.40. The highest BCUT2D eigenvalue weighted by Crippen LogP contribution is 2.76. The normalized spacial score (nSPS) is 36.2. The summed E-state index contributed by atoms with van der Waals surface area (Å²) in [5.74, 6) is -3.78. The summed E-state index contributed by atoms with van der Waals surface area (Å²) in [4.78, 5) is 26.3. The first kappa shape index (κ1) is 37.0. The largest absolute Gasteiger partial charge is 0.455 e. The molecule has 8 atom stereocenters. The Hall–Kier alpha value is -2.84. The molecule has 47 heavy (non-hydrogen) atoms. The molecule has 0 radical (unpaired) electrons. The minimum Gasteiger partial charge on any atom is -0.455 e. The number of aliphatic hydroxyl groups is 4. The van der Waals surface area contributed by atoms with Crippen LogP contribution in [0.3, 0.4) is 0 Å². The summed E-state index contributed by atoms with van der Waals surface area (Å²) in [7, 11) is 0. The molecule has 2 saturated carbocycles. The summed E-state index contributed by atoms with van der Waals surface area (Å²) in [6.07, 6.45) is 29.8. The van der Waals surface area contributed by atoms with Crippen molar-refractivity contribution in [2.75, 3.05) is 6.61 Å². The van der Waals surface area contributed by atoms with Gasteiger partial charge in [0.2, 0.25) is 0 Å². The SMILES string of the molecule is CC/C=C\C/C=C\C/C=C\C/C=C\C/C=C\CCCC(=O)O[C@@]12[C@H](O)[C@@H](C)[C@@]3(O)[C@@H](C=C(CO)C[C@]4(O)C(=O)C(C)=C[C@@H]34)[C@@H]1C2(C)C. The van der Waals surface area contributed by atoms with Gasteiger partial charge in [-0.05, 0) is 63.0 Å². The lowest BCUT2D eigenvalue weighted by Gasteiger charge is -2.52. The van der Waals surface area contributed by atoms with Gasteiger partial charge in [0.05, 0.1) is 18.3 Å². The zero-order valence-electron chi connectivity index (χ0n) is 28.9. The lowest BCUT2D eigenvalue weighted by atomic mass is 9.59. The van der Waals surface area contributed by atoms with Crippen molar-refractivity contribution in [1.82, 2.24) is 0 Å². The van der Waals surface area contributed by atoms with Crippen LogP contribution in [0, 0.1) is 29.1 Å². The van der Waals surface area contributed by atoms with Crippen molar-refractivity contribution in [3.05, 3.63) is 84.1 Å². The van der Waals surface area contributed by atoms with Gasteiger partial charge in [-0.25, -0.2) is 0 Å². The van der Waals surface area contributed by atoms with E-state index in [1.807, 2.05) is 13.8 Å². The molecule has 0 amide bonds. The van der Waals surface area contributed by atoms with Crippen LogP contribution >= 0.6 is 0 Å². The quantitative estimate of drug-likeness (QED) is 0.0920. The maximum atomic E-state index is 13.2. The number of aliphatic hydroxyl groups excluding tert-OH is 2. The van der Waals surface area contributed by atoms with Crippen molar-refractivity contribution in [1.29, 1.82) is 0 Å². The van der Waals surface area contributed by atoms with Crippen molar-refractivity contribution in [3.8, 4) is 0 Å². The van der Waals surface area contributed by atoms with Crippen LogP contribution in [0.4, 0.5) is 0 Å². The molecule has 0 spiro atoms. The summed E-state index contributed by atoms with van der Waals surface area (Å²) in [6.45, 7) is 8.92. The molecular formula is C40H56O7. The van der Waals surface area contributed by atoms with Crippen molar-refractivity contribution in [2.24, 2.45) is 29.1 Å². The number of hydrogen-bond acceptors (Lipinski definition) is 7. The van der Waals surface area contributed by atoms with Gasteiger partial charge in [0.25, 0.3) is 0 Å². The fraction of sp³-hybridized carbons (Fsp3) is 0.600. The minimum atomic E-state index is -1.91. The maximum Gasteiger partial charge on any atom is 0.306 e. The van der Waals surface area contributed by atoms with Crippen molar-refractivity contribution < 1.29 is 34.8 Å². The zero-order valence-corrected chi connectivity index (χ0v) is 28.9. The number of carbonyl (C=O) groups is 2. The van der Waals surface area contributed by atoms with Crippen LogP contribution in [0.25, 0.3) is 0 Å². The van der Waals surface area contributed by atoms with E-state index in [1.165, 1.54) is 0 Å². The van der Waals surface area contributed by atoms with Gasteiger partial charge in [-0.3, -0.25) is 9.59 Å². The average molecular weight is 649 g/mol. The Morgan fingerprint density at radius 3 is 2.04 bits per heavy atom. The number of ketones is 1. The number of esters is 1. The van der Waals surface area contributed by atoms with E-state index >= 15 is 0 Å². The highest BCUT2D eigenvalue weighted by Gasteiger charge is 2.86. The Balaban J connectivity index is 1.30. The molecule has 4 N–H and O–H groups in total. The van der Waals surface area contributed by atoms with Gasteiger partial charge in [-0.15, -0.1) is 0 Å². The molecule has 0 bridgehead atoms. The average Bonchev–Trinajstić information content (AvgIpc) is 3.47. The molecule has 2 fully saturated rings. The number of hydrogen-bond donors (Lipinski definition) is 4. The van der Waals surface area contributed by atoms with Gasteiger partial charge in [0, 0.05) is 41.9 Å². The second-order valence-corrected chi connectivity index (χ2v) is 14.5. The molecule has 4 rings (SSSR count). The van der Waals surface area contributed by atoms with E-state index in [2.05, 4.69) is 67.7 Å². The highest BCUT2D eigenvalue weighted by atomic mass is 16.6. The number of fused-ring (bicyclic) bond motifs is 5. The molecule has 7 heteroatoms. The van der Waals surface area contributed by atoms with Gasteiger partial charge in [-0.1, -0.05) is 101 Å². The number of Topliss-reactive ketones (excluding diaryl/α,β-unsaturated/α-hetero) is 1. The van der Waals surface area contributed by atoms with Gasteiger partial charge in [-0.2, -0.15) is 0 Å². The first-order chi connectivity index (χ1) is 22.3. The Morgan fingerprint density at radius 2 is 1.49 bits per heavy atom. The minimum absolute atomic E-state index is 0.0990. The van der Waals surface area contributed by atoms with Crippen molar-refractivity contribution >= 4 is 11.8 Å². The van der Waals surface area contributed by atoms with Crippen LogP contribution < -0.4 is 0 Å². The molecule has 4 aliphatic carbocycles. The predicted molar refractivity (Wildman–Crippen MR) is 185 cm³/mol.